The first-order valence-electron chi connectivity index (χ1n) is 11.7. The van der Waals surface area contributed by atoms with Crippen LogP contribution in [0.1, 0.15) is 33.8 Å². The van der Waals surface area contributed by atoms with Crippen LogP contribution in [0.4, 0.5) is 13.2 Å². The fourth-order valence-electron chi connectivity index (χ4n) is 4.08. The van der Waals surface area contributed by atoms with E-state index in [2.05, 4.69) is 4.98 Å². The lowest BCUT2D eigenvalue weighted by Gasteiger charge is -2.19. The van der Waals surface area contributed by atoms with E-state index in [-0.39, 0.29) is 26.8 Å². The lowest BCUT2D eigenvalue weighted by Crippen LogP contribution is -2.15. The third-order valence-corrected chi connectivity index (χ3v) is 8.30. The standard InChI is InChI=1S/C27H20F3N3O5S2/c1-16(19-9-5-6-10-20(19)27(28,29)30)37-23-14-24(39-25(23)26(31)34)33-15-32-21-12-11-17(13-22(21)33)38-40(35,36)18-7-3-2-4-8-18/h2-16H,1H3,(H2,31,34)/t16-/m1/s1. The molecule has 40 heavy (non-hydrogen) atoms. The van der Waals surface area contributed by atoms with Gasteiger partial charge in [0.2, 0.25) is 0 Å². The van der Waals surface area contributed by atoms with Gasteiger partial charge in [-0.3, -0.25) is 9.36 Å². The van der Waals surface area contributed by atoms with Crippen molar-refractivity contribution in [1.82, 2.24) is 9.55 Å². The Morgan fingerprint density at radius 3 is 2.42 bits per heavy atom. The van der Waals surface area contributed by atoms with Crippen molar-refractivity contribution in [2.24, 2.45) is 5.73 Å². The van der Waals surface area contributed by atoms with Crippen LogP contribution in [0.2, 0.25) is 0 Å². The highest BCUT2D eigenvalue weighted by atomic mass is 32.2. The van der Waals surface area contributed by atoms with Crippen LogP contribution in [0.25, 0.3) is 16.0 Å². The van der Waals surface area contributed by atoms with Crippen molar-refractivity contribution in [3.8, 4) is 16.5 Å². The number of amides is 1. The average molecular weight is 588 g/mol. The van der Waals surface area contributed by atoms with E-state index in [1.807, 2.05) is 0 Å². The fourth-order valence-corrected chi connectivity index (χ4v) is 5.95. The van der Waals surface area contributed by atoms with E-state index >= 15 is 0 Å². The number of benzene rings is 3. The average Bonchev–Trinajstić information content (AvgIpc) is 3.52. The van der Waals surface area contributed by atoms with Crippen LogP contribution in [-0.2, 0) is 16.3 Å². The molecule has 0 radical (unpaired) electrons. The van der Waals surface area contributed by atoms with E-state index < -0.39 is 33.9 Å². The SMILES string of the molecule is C[C@@H](Oc1cc(-n2cnc3ccc(OS(=O)(=O)c4ccccc4)cc32)sc1C(N)=O)c1ccccc1C(F)(F)F. The first-order valence-corrected chi connectivity index (χ1v) is 13.9. The van der Waals surface area contributed by atoms with Crippen LogP contribution in [-0.4, -0.2) is 23.9 Å². The number of hydrogen-bond acceptors (Lipinski definition) is 7. The number of ether oxygens (including phenoxy) is 1. The highest BCUT2D eigenvalue weighted by Gasteiger charge is 2.35. The van der Waals surface area contributed by atoms with Gasteiger partial charge in [-0.15, -0.1) is 11.3 Å². The zero-order valence-corrected chi connectivity index (χ0v) is 22.3. The minimum Gasteiger partial charge on any atom is -0.484 e. The van der Waals surface area contributed by atoms with Gasteiger partial charge >= 0.3 is 16.3 Å². The van der Waals surface area contributed by atoms with Crippen LogP contribution < -0.4 is 14.7 Å². The highest BCUT2D eigenvalue weighted by Crippen LogP contribution is 2.39. The largest absolute Gasteiger partial charge is 0.484 e. The summed E-state index contributed by atoms with van der Waals surface area (Å²) in [6, 6.07) is 18.6. The molecular weight excluding hydrogens is 567 g/mol. The Balaban J connectivity index is 1.49. The number of carbonyl (C=O) groups excluding carboxylic acids is 1. The number of thiophene rings is 1. The third-order valence-electron chi connectivity index (χ3n) is 5.91. The summed E-state index contributed by atoms with van der Waals surface area (Å²) in [5, 5.41) is 0.408. The second-order valence-electron chi connectivity index (χ2n) is 8.60. The van der Waals surface area contributed by atoms with Gasteiger partial charge in [-0.2, -0.15) is 21.6 Å². The summed E-state index contributed by atoms with van der Waals surface area (Å²) in [7, 11) is -4.10. The van der Waals surface area contributed by atoms with Gasteiger partial charge in [-0.1, -0.05) is 36.4 Å². The van der Waals surface area contributed by atoms with Crippen molar-refractivity contribution in [2.75, 3.05) is 0 Å². The van der Waals surface area contributed by atoms with E-state index in [1.54, 1.807) is 28.8 Å². The van der Waals surface area contributed by atoms with Gasteiger partial charge < -0.3 is 14.7 Å². The van der Waals surface area contributed by atoms with Crippen LogP contribution in [0.3, 0.4) is 0 Å². The second kappa shape index (κ2) is 10.3. The molecule has 2 aromatic heterocycles. The summed E-state index contributed by atoms with van der Waals surface area (Å²) in [5.74, 6) is -0.804. The summed E-state index contributed by atoms with van der Waals surface area (Å²) in [4.78, 5) is 16.5. The first-order chi connectivity index (χ1) is 18.9. The molecule has 0 aliphatic carbocycles. The number of alkyl halides is 3. The van der Waals surface area contributed by atoms with Crippen molar-refractivity contribution >= 4 is 38.4 Å². The maximum atomic E-state index is 13.5. The number of halogens is 3. The predicted octanol–water partition coefficient (Wildman–Crippen LogP) is 6.11. The first kappa shape index (κ1) is 27.2. The molecule has 5 aromatic rings. The molecule has 0 spiro atoms. The van der Waals surface area contributed by atoms with Gasteiger partial charge in [0, 0.05) is 17.7 Å². The molecule has 2 heterocycles. The van der Waals surface area contributed by atoms with Gasteiger partial charge in [0.1, 0.15) is 38.7 Å². The Morgan fingerprint density at radius 2 is 1.73 bits per heavy atom. The van der Waals surface area contributed by atoms with E-state index in [0.29, 0.717) is 16.0 Å². The van der Waals surface area contributed by atoms with Gasteiger partial charge in [0.15, 0.2) is 0 Å². The van der Waals surface area contributed by atoms with Gasteiger partial charge in [-0.25, -0.2) is 4.98 Å². The monoisotopic (exact) mass is 587 g/mol. The van der Waals surface area contributed by atoms with Gasteiger partial charge in [0.25, 0.3) is 5.91 Å². The quantitative estimate of drug-likeness (QED) is 0.219. The number of primary amides is 1. The zero-order valence-electron chi connectivity index (χ0n) is 20.6. The normalized spacial score (nSPS) is 12.8. The molecule has 0 saturated heterocycles. The highest BCUT2D eigenvalue weighted by molar-refractivity contribution is 7.87. The molecule has 0 unspecified atom stereocenters. The molecule has 1 amide bonds. The Labute approximate surface area is 230 Å². The molecule has 5 rings (SSSR count). The molecule has 13 heteroatoms. The Morgan fingerprint density at radius 1 is 1.02 bits per heavy atom. The van der Waals surface area contributed by atoms with Crippen LogP contribution in [0.5, 0.6) is 11.5 Å². The molecule has 0 bridgehead atoms. The van der Waals surface area contributed by atoms with E-state index in [0.717, 1.165) is 17.4 Å². The van der Waals surface area contributed by atoms with Gasteiger partial charge in [-0.05, 0) is 37.3 Å². The fraction of sp³-hybridized carbons (Fsp3) is 0.111. The van der Waals surface area contributed by atoms with Crippen molar-refractivity contribution in [3.05, 3.63) is 101 Å². The topological polar surface area (TPSA) is 114 Å². The number of nitrogens with zero attached hydrogens (tertiary/aromatic N) is 2. The Kier molecular flexibility index (Phi) is 7.02. The predicted molar refractivity (Wildman–Crippen MR) is 142 cm³/mol. The number of aromatic nitrogens is 2. The maximum absolute atomic E-state index is 13.5. The minimum atomic E-state index is -4.59. The van der Waals surface area contributed by atoms with Crippen LogP contribution in [0.15, 0.2) is 90.1 Å². The summed E-state index contributed by atoms with van der Waals surface area (Å²) in [5.41, 5.74) is 5.54. The second-order valence-corrected chi connectivity index (χ2v) is 11.2. The Bertz CT molecular complexity index is 1820. The number of hydrogen-bond donors (Lipinski definition) is 1. The molecule has 8 nitrogen and oxygen atoms in total. The van der Waals surface area contributed by atoms with E-state index in [9.17, 15) is 26.4 Å². The summed E-state index contributed by atoms with van der Waals surface area (Å²) < 4.78 is 78.7. The Hall–Kier alpha value is -4.36. The zero-order chi connectivity index (χ0) is 28.7. The maximum Gasteiger partial charge on any atom is 0.416 e. The molecule has 1 atom stereocenters. The number of nitrogens with two attached hydrogens (primary N) is 1. The summed E-state index contributed by atoms with van der Waals surface area (Å²) in [6.07, 6.45) is -4.21. The lowest BCUT2D eigenvalue weighted by molar-refractivity contribution is -0.139. The molecule has 206 valence electrons. The summed E-state index contributed by atoms with van der Waals surface area (Å²) in [6.45, 7) is 1.44. The third kappa shape index (κ3) is 5.38. The van der Waals surface area contributed by atoms with Crippen molar-refractivity contribution in [1.29, 1.82) is 0 Å². The minimum absolute atomic E-state index is 0.00196. The molecule has 0 fully saturated rings. The molecule has 3 aromatic carbocycles. The summed E-state index contributed by atoms with van der Waals surface area (Å²) >= 11 is 0.945. The molecule has 2 N–H and O–H groups in total. The van der Waals surface area contributed by atoms with E-state index in [4.69, 9.17) is 14.7 Å². The number of imidazole rings is 1. The number of fused-ring (bicyclic) bond motifs is 1. The molecule has 0 saturated carbocycles. The van der Waals surface area contributed by atoms with Crippen LogP contribution >= 0.6 is 11.3 Å². The van der Waals surface area contributed by atoms with E-state index in [1.165, 1.54) is 61.8 Å². The smallest absolute Gasteiger partial charge is 0.416 e. The van der Waals surface area contributed by atoms with Crippen LogP contribution in [0, 0.1) is 0 Å². The number of rotatable bonds is 8. The van der Waals surface area contributed by atoms with Crippen molar-refractivity contribution < 1.29 is 35.3 Å². The van der Waals surface area contributed by atoms with Crippen molar-refractivity contribution in [2.45, 2.75) is 24.1 Å². The van der Waals surface area contributed by atoms with Gasteiger partial charge in [0.05, 0.1) is 16.6 Å². The lowest BCUT2D eigenvalue weighted by atomic mass is 10.0. The molecular formula is C27H20F3N3O5S2. The molecule has 0 aliphatic rings. The number of carbonyl (C=O) groups is 1. The molecule has 0 aliphatic heterocycles. The van der Waals surface area contributed by atoms with Crippen molar-refractivity contribution in [3.63, 3.8) is 0 Å².